The van der Waals surface area contributed by atoms with Gasteiger partial charge in [0.2, 0.25) is 5.91 Å². The zero-order valence-corrected chi connectivity index (χ0v) is 14.4. The average Bonchev–Trinajstić information content (AvgIpc) is 2.64. The zero-order valence-electron chi connectivity index (χ0n) is 14.4. The van der Waals surface area contributed by atoms with Crippen LogP contribution in [0.15, 0.2) is 84.0 Å². The molecule has 3 aromatic rings. The monoisotopic (exact) mass is 330 g/mol. The maximum absolute atomic E-state index is 12.3. The van der Waals surface area contributed by atoms with Crippen LogP contribution in [0.1, 0.15) is 23.1 Å². The van der Waals surface area contributed by atoms with Gasteiger partial charge in [-0.3, -0.25) is 4.79 Å². The Morgan fingerprint density at radius 2 is 1.60 bits per heavy atom. The van der Waals surface area contributed by atoms with Crippen molar-refractivity contribution in [3.63, 3.8) is 0 Å². The van der Waals surface area contributed by atoms with Gasteiger partial charge < -0.3 is 4.57 Å². The molecular weight excluding hydrogens is 308 g/mol. The first-order valence-corrected chi connectivity index (χ1v) is 8.53. The van der Waals surface area contributed by atoms with E-state index in [0.717, 1.165) is 5.56 Å². The lowest BCUT2D eigenvalue weighted by Gasteiger charge is -2.08. The second-order valence-corrected chi connectivity index (χ2v) is 6.16. The lowest BCUT2D eigenvalue weighted by Crippen LogP contribution is -2.22. The third-order valence-corrected chi connectivity index (χ3v) is 4.10. The number of amides is 1. The Labute approximate surface area is 148 Å². The standard InChI is InChI=1S/C22H22N2O/c1-18-10-12-20(13-11-18)17-24-16-6-5-9-21(24)23-22(25)15-14-19-7-3-2-4-8-19/h2-13,16H,14-15,17H2,1H3. The van der Waals surface area contributed by atoms with Gasteiger partial charge in [0, 0.05) is 19.2 Å². The molecule has 2 aromatic carbocycles. The molecule has 3 nitrogen and oxygen atoms in total. The third-order valence-electron chi connectivity index (χ3n) is 4.10. The first-order chi connectivity index (χ1) is 12.2. The Kier molecular flexibility index (Phi) is 5.57. The highest BCUT2D eigenvalue weighted by Crippen LogP contribution is 2.05. The number of benzene rings is 2. The maximum atomic E-state index is 12.3. The SMILES string of the molecule is Cc1ccc(Cn2ccccc2=NC(=O)CCc2ccccc2)cc1. The molecule has 3 heteroatoms. The summed E-state index contributed by atoms with van der Waals surface area (Å²) in [4.78, 5) is 16.6. The van der Waals surface area contributed by atoms with Crippen molar-refractivity contribution >= 4 is 5.91 Å². The molecular formula is C22H22N2O. The van der Waals surface area contributed by atoms with Crippen molar-refractivity contribution in [2.24, 2.45) is 4.99 Å². The number of pyridine rings is 1. The summed E-state index contributed by atoms with van der Waals surface area (Å²) in [7, 11) is 0. The van der Waals surface area contributed by atoms with Crippen LogP contribution in [0.25, 0.3) is 0 Å². The molecule has 0 N–H and O–H groups in total. The minimum absolute atomic E-state index is 0.0901. The molecule has 1 heterocycles. The summed E-state index contributed by atoms with van der Waals surface area (Å²) < 4.78 is 2.01. The van der Waals surface area contributed by atoms with Gasteiger partial charge in [0.15, 0.2) is 0 Å². The number of nitrogens with zero attached hydrogens (tertiary/aromatic N) is 2. The number of carbonyl (C=O) groups is 1. The average molecular weight is 330 g/mol. The van der Waals surface area contributed by atoms with Gasteiger partial charge in [-0.2, -0.15) is 4.99 Å². The number of carbonyl (C=O) groups excluding carboxylic acids is 1. The quantitative estimate of drug-likeness (QED) is 0.698. The van der Waals surface area contributed by atoms with Crippen molar-refractivity contribution in [2.75, 3.05) is 0 Å². The van der Waals surface area contributed by atoms with Crippen LogP contribution in [0.3, 0.4) is 0 Å². The smallest absolute Gasteiger partial charge is 0.247 e. The first kappa shape index (κ1) is 16.9. The topological polar surface area (TPSA) is 34.4 Å². The van der Waals surface area contributed by atoms with Crippen LogP contribution in [0.2, 0.25) is 0 Å². The van der Waals surface area contributed by atoms with Crippen LogP contribution in [0.4, 0.5) is 0 Å². The second kappa shape index (κ2) is 8.25. The Hall–Kier alpha value is -2.94. The molecule has 0 aliphatic carbocycles. The minimum atomic E-state index is -0.0901. The molecule has 126 valence electrons. The molecule has 0 saturated carbocycles. The summed E-state index contributed by atoms with van der Waals surface area (Å²) in [5, 5.41) is 0. The molecule has 0 unspecified atom stereocenters. The summed E-state index contributed by atoms with van der Waals surface area (Å²) >= 11 is 0. The third kappa shape index (κ3) is 5.01. The first-order valence-electron chi connectivity index (χ1n) is 8.53. The Balaban J connectivity index is 1.73. The van der Waals surface area contributed by atoms with Crippen molar-refractivity contribution in [3.8, 4) is 0 Å². The van der Waals surface area contributed by atoms with Crippen LogP contribution < -0.4 is 5.49 Å². The van der Waals surface area contributed by atoms with E-state index in [1.165, 1.54) is 11.1 Å². The van der Waals surface area contributed by atoms with Crippen LogP contribution in [0.5, 0.6) is 0 Å². The van der Waals surface area contributed by atoms with Crippen molar-refractivity contribution < 1.29 is 4.79 Å². The van der Waals surface area contributed by atoms with Crippen LogP contribution in [-0.2, 0) is 17.8 Å². The van der Waals surface area contributed by atoms with E-state index < -0.39 is 0 Å². The van der Waals surface area contributed by atoms with E-state index in [-0.39, 0.29) is 5.91 Å². The van der Waals surface area contributed by atoms with Gasteiger partial charge in [0.25, 0.3) is 0 Å². The van der Waals surface area contributed by atoms with E-state index >= 15 is 0 Å². The van der Waals surface area contributed by atoms with Gasteiger partial charge in [-0.1, -0.05) is 66.2 Å². The van der Waals surface area contributed by atoms with E-state index in [9.17, 15) is 4.79 Å². The maximum Gasteiger partial charge on any atom is 0.247 e. The molecule has 25 heavy (non-hydrogen) atoms. The molecule has 0 aliphatic rings. The summed E-state index contributed by atoms with van der Waals surface area (Å²) in [6, 6.07) is 24.2. The summed E-state index contributed by atoms with van der Waals surface area (Å²) in [5.41, 5.74) is 4.28. The lowest BCUT2D eigenvalue weighted by molar-refractivity contribution is -0.118. The Bertz CT molecular complexity index is 893. The summed E-state index contributed by atoms with van der Waals surface area (Å²) in [6.07, 6.45) is 3.10. The highest BCUT2D eigenvalue weighted by Gasteiger charge is 2.02. The van der Waals surface area contributed by atoms with Gasteiger partial charge in [0.05, 0.1) is 0 Å². The van der Waals surface area contributed by atoms with Crippen molar-refractivity contribution in [1.82, 2.24) is 4.57 Å². The van der Waals surface area contributed by atoms with Crippen LogP contribution in [0, 0.1) is 6.92 Å². The summed E-state index contributed by atoms with van der Waals surface area (Å²) in [5.74, 6) is -0.0901. The fraction of sp³-hybridized carbons (Fsp3) is 0.182. The fourth-order valence-electron chi connectivity index (χ4n) is 2.67. The predicted molar refractivity (Wildman–Crippen MR) is 100 cm³/mol. The Morgan fingerprint density at radius 1 is 0.880 bits per heavy atom. The van der Waals surface area contributed by atoms with E-state index in [1.807, 2.05) is 59.3 Å². The largest absolute Gasteiger partial charge is 0.329 e. The van der Waals surface area contributed by atoms with Gasteiger partial charge in [-0.25, -0.2) is 0 Å². The van der Waals surface area contributed by atoms with Crippen LogP contribution in [-0.4, -0.2) is 10.5 Å². The lowest BCUT2D eigenvalue weighted by atomic mass is 10.1. The van der Waals surface area contributed by atoms with Gasteiger partial charge in [-0.05, 0) is 36.6 Å². The van der Waals surface area contributed by atoms with E-state index in [0.29, 0.717) is 24.9 Å². The van der Waals surface area contributed by atoms with Crippen molar-refractivity contribution in [2.45, 2.75) is 26.3 Å². The van der Waals surface area contributed by atoms with E-state index in [2.05, 4.69) is 36.2 Å². The number of rotatable bonds is 5. The number of hydrogen-bond acceptors (Lipinski definition) is 1. The van der Waals surface area contributed by atoms with Gasteiger partial charge >= 0.3 is 0 Å². The molecule has 0 spiro atoms. The van der Waals surface area contributed by atoms with Crippen molar-refractivity contribution in [3.05, 3.63) is 101 Å². The predicted octanol–water partition coefficient (Wildman–Crippen LogP) is 3.90. The molecule has 1 amide bonds. The summed E-state index contributed by atoms with van der Waals surface area (Å²) in [6.45, 7) is 2.78. The number of hydrogen-bond donors (Lipinski definition) is 0. The molecule has 3 rings (SSSR count). The van der Waals surface area contributed by atoms with Crippen LogP contribution >= 0.6 is 0 Å². The zero-order chi connectivity index (χ0) is 17.5. The fourth-order valence-corrected chi connectivity index (χ4v) is 2.67. The second-order valence-electron chi connectivity index (χ2n) is 6.16. The van der Waals surface area contributed by atoms with Gasteiger partial charge in [-0.15, -0.1) is 0 Å². The molecule has 0 bridgehead atoms. The normalized spacial score (nSPS) is 11.5. The van der Waals surface area contributed by atoms with Gasteiger partial charge in [0.1, 0.15) is 5.49 Å². The highest BCUT2D eigenvalue weighted by molar-refractivity contribution is 5.77. The molecule has 0 aliphatic heterocycles. The number of aryl methyl sites for hydroxylation is 2. The van der Waals surface area contributed by atoms with Crippen molar-refractivity contribution in [1.29, 1.82) is 0 Å². The number of aromatic nitrogens is 1. The molecule has 0 radical (unpaired) electrons. The molecule has 0 saturated heterocycles. The molecule has 0 atom stereocenters. The van der Waals surface area contributed by atoms with E-state index in [1.54, 1.807) is 0 Å². The highest BCUT2D eigenvalue weighted by atomic mass is 16.1. The molecule has 1 aromatic heterocycles. The minimum Gasteiger partial charge on any atom is -0.329 e. The Morgan fingerprint density at radius 3 is 2.36 bits per heavy atom. The molecule has 0 fully saturated rings. The van der Waals surface area contributed by atoms with E-state index in [4.69, 9.17) is 0 Å².